The first kappa shape index (κ1) is 9.18. The van der Waals surface area contributed by atoms with Crippen LogP contribution in [0.2, 0.25) is 0 Å². The van der Waals surface area contributed by atoms with Crippen LogP contribution in [0.1, 0.15) is 32.9 Å². The van der Waals surface area contributed by atoms with Gasteiger partial charge in [0.15, 0.2) is 0 Å². The molecule has 0 aliphatic carbocycles. The third kappa shape index (κ3) is 3.61. The maximum Gasteiger partial charge on any atom is 0.0636 e. The highest BCUT2D eigenvalue weighted by Gasteiger charge is 2.17. The van der Waals surface area contributed by atoms with E-state index in [9.17, 15) is 11.0 Å². The molecule has 0 bridgehead atoms. The molecule has 0 unspecified atom stereocenters. The first-order valence-corrected chi connectivity index (χ1v) is 11.9. The van der Waals surface area contributed by atoms with Crippen LogP contribution in [0, 0.1) is 0 Å². The molecule has 0 nitrogen and oxygen atoms in total. The molecule has 0 fully saturated rings. The second-order valence-corrected chi connectivity index (χ2v) is 8.65. The monoisotopic (exact) mass is 530 g/mol. The van der Waals surface area contributed by atoms with E-state index in [2.05, 4.69) is 0 Å². The van der Waals surface area contributed by atoms with Gasteiger partial charge in [-0.3, -0.25) is 0 Å². The Morgan fingerprint density at radius 1 is 0.325 bits per heavy atom. The van der Waals surface area contributed by atoms with Gasteiger partial charge in [-0.2, -0.15) is 0 Å². The topological polar surface area (TPSA) is 0 Å². The molecule has 40 heavy (non-hydrogen) atoms. The van der Waals surface area contributed by atoms with Gasteiger partial charge >= 0.3 is 0 Å². The molecule has 0 saturated carbocycles. The summed E-state index contributed by atoms with van der Waals surface area (Å²) in [6.07, 6.45) is 0. The average Bonchev–Trinajstić information content (AvgIpc) is 3.25. The summed E-state index contributed by atoms with van der Waals surface area (Å²) in [5, 5.41) is -3.65. The van der Waals surface area contributed by atoms with Crippen LogP contribution in [0.4, 0.5) is 0 Å². The maximum atomic E-state index is 9.42. The van der Waals surface area contributed by atoms with E-state index in [1.165, 1.54) is 0 Å². The maximum absolute atomic E-state index is 9.42. The molecule has 0 amide bonds. The van der Waals surface area contributed by atoms with E-state index in [1.807, 2.05) is 0 Å². The van der Waals surface area contributed by atoms with Crippen molar-refractivity contribution in [3.8, 4) is 33.4 Å². The Bertz CT molecular complexity index is 3500. The van der Waals surface area contributed by atoms with Crippen molar-refractivity contribution in [3.63, 3.8) is 0 Å². The minimum absolute atomic E-state index is 0.277. The fraction of sp³-hybridized carbons (Fsp3) is 0. The molecule has 0 atom stereocenters. The molecule has 0 saturated heterocycles. The highest BCUT2D eigenvalue weighted by atomic mass is 14.2. The van der Waals surface area contributed by atoms with Gasteiger partial charge in [0.05, 0.1) is 32.9 Å². The Morgan fingerprint density at radius 2 is 0.875 bits per heavy atom. The van der Waals surface area contributed by atoms with Crippen LogP contribution in [0.5, 0.6) is 0 Å². The highest BCUT2D eigenvalue weighted by molar-refractivity contribution is 6.23. The molecule has 186 valence electrons. The Kier molecular flexibility index (Phi) is 2.12. The summed E-state index contributed by atoms with van der Waals surface area (Å²) in [6.45, 7) is 0. The van der Waals surface area contributed by atoms with E-state index in [0.717, 1.165) is 12.1 Å². The number of fused-ring (bicyclic) bond motifs is 4. The Morgan fingerprint density at radius 3 is 1.70 bits per heavy atom. The SMILES string of the molecule is [2H]c1cc2c(-c3c4c([2H])c([2H])c([2H])cc4c(-c4c([2H])c([2H])c(-c5c([2H])c([2H])c6c([2H])c([2H])c([2H])c([2H])c6c5[2H])c([2H])c4[2H])c4c([2H])c([2H])c([2H])c([2H])c34)c([2H])c([2H])c([2H])c2c([2H])c1[2H]. The van der Waals surface area contributed by atoms with Gasteiger partial charge in [-0.15, -0.1) is 0 Å². The minimum Gasteiger partial charge on any atom is -0.0616 e. The number of hydrogen-bond donors (Lipinski definition) is 0. The summed E-state index contributed by atoms with van der Waals surface area (Å²) < 4.78 is 212. The lowest BCUT2D eigenvalue weighted by Crippen LogP contribution is -1.91. The molecular formula is C40H26. The minimum atomic E-state index is -0.973. The van der Waals surface area contributed by atoms with Gasteiger partial charge in [0.1, 0.15) is 0 Å². The molecule has 0 N–H and O–H groups in total. The third-order valence-corrected chi connectivity index (χ3v) is 6.47. The Hall–Kier alpha value is -5.20. The van der Waals surface area contributed by atoms with E-state index in [-0.39, 0.29) is 10.8 Å². The first-order chi connectivity index (χ1) is 29.8. The fourth-order valence-corrected chi connectivity index (χ4v) is 4.73. The van der Waals surface area contributed by atoms with Crippen molar-refractivity contribution in [2.45, 2.75) is 0 Å². The summed E-state index contributed by atoms with van der Waals surface area (Å²) in [5.41, 5.74) is -3.56. The van der Waals surface area contributed by atoms with Gasteiger partial charge in [-0.05, 0) is 82.5 Å². The average molecular weight is 531 g/mol. The molecule has 0 heterocycles. The van der Waals surface area contributed by atoms with Gasteiger partial charge in [0, 0.05) is 0 Å². The molecule has 0 spiro atoms. The molecular weight excluding hydrogens is 480 g/mol. The van der Waals surface area contributed by atoms with Gasteiger partial charge in [-0.1, -0.05) is 151 Å². The van der Waals surface area contributed by atoms with Crippen LogP contribution in [-0.4, -0.2) is 0 Å². The smallest absolute Gasteiger partial charge is 0.0616 e. The van der Waals surface area contributed by atoms with E-state index in [4.69, 9.17) is 21.9 Å². The van der Waals surface area contributed by atoms with Crippen LogP contribution in [0.3, 0.4) is 0 Å². The molecule has 0 aliphatic rings. The summed E-state index contributed by atoms with van der Waals surface area (Å²) in [5.74, 6) is 0. The van der Waals surface area contributed by atoms with Crippen molar-refractivity contribution in [1.82, 2.24) is 0 Å². The van der Waals surface area contributed by atoms with Crippen LogP contribution >= 0.6 is 0 Å². The standard InChI is InChI=1S/C40H26/c1-2-12-31-26-32(25-22-27(31)10-1)28-20-23-30(24-21-28)39-35-15-5-7-17-37(35)40(38-18-8-6-16-36(38)39)34-19-9-13-29-11-3-4-14-33(29)34/h1-26H/i1D,2D,3D,4D,5D,6D,7D,8D,9D,10D,11D,12D,13D,15D,17D,18D,19D,20D,21D,22D,23D,24D,25D,26D. The lowest BCUT2D eigenvalue weighted by molar-refractivity contribution is 1.63. The number of hydrogen-bond acceptors (Lipinski definition) is 0. The predicted molar refractivity (Wildman–Crippen MR) is 173 cm³/mol. The van der Waals surface area contributed by atoms with Crippen LogP contribution in [-0.2, 0) is 0 Å². The lowest BCUT2D eigenvalue weighted by Gasteiger charge is -2.19. The number of benzene rings is 8. The summed E-state index contributed by atoms with van der Waals surface area (Å²) in [6, 6.07) is -17.3. The van der Waals surface area contributed by atoms with E-state index in [1.54, 1.807) is 0 Å². The normalized spacial score (nSPS) is 19.9. The molecule has 8 rings (SSSR count). The van der Waals surface area contributed by atoms with Crippen LogP contribution in [0.25, 0.3) is 76.5 Å². The molecule has 8 aromatic rings. The Balaban J connectivity index is 1.65. The van der Waals surface area contributed by atoms with E-state index in [0.29, 0.717) is 0 Å². The highest BCUT2D eigenvalue weighted by Crippen LogP contribution is 2.45. The van der Waals surface area contributed by atoms with Crippen molar-refractivity contribution in [2.24, 2.45) is 0 Å². The molecule has 0 radical (unpaired) electrons. The summed E-state index contributed by atoms with van der Waals surface area (Å²) in [4.78, 5) is 0. The fourth-order valence-electron chi connectivity index (χ4n) is 4.73. The van der Waals surface area contributed by atoms with E-state index >= 15 is 0 Å². The second-order valence-electron chi connectivity index (χ2n) is 8.65. The summed E-state index contributed by atoms with van der Waals surface area (Å²) >= 11 is 0. The van der Waals surface area contributed by atoms with Gasteiger partial charge in [0.25, 0.3) is 0 Å². The van der Waals surface area contributed by atoms with Crippen molar-refractivity contribution in [1.29, 1.82) is 0 Å². The van der Waals surface area contributed by atoms with Crippen molar-refractivity contribution < 1.29 is 32.9 Å². The molecule has 0 heteroatoms. The van der Waals surface area contributed by atoms with E-state index < -0.39 is 211 Å². The quantitative estimate of drug-likeness (QED) is 0.199. The lowest BCUT2D eigenvalue weighted by atomic mass is 9.84. The second kappa shape index (κ2) is 9.22. The van der Waals surface area contributed by atoms with Crippen LogP contribution < -0.4 is 0 Å². The van der Waals surface area contributed by atoms with Crippen molar-refractivity contribution >= 4 is 43.1 Å². The summed E-state index contributed by atoms with van der Waals surface area (Å²) in [7, 11) is 0. The zero-order chi connectivity index (χ0) is 47.4. The third-order valence-electron chi connectivity index (χ3n) is 6.47. The van der Waals surface area contributed by atoms with Crippen LogP contribution in [0.15, 0.2) is 157 Å². The largest absolute Gasteiger partial charge is 0.0636 e. The van der Waals surface area contributed by atoms with Crippen molar-refractivity contribution in [2.75, 3.05) is 0 Å². The van der Waals surface area contributed by atoms with Gasteiger partial charge < -0.3 is 0 Å². The molecule has 0 aromatic heterocycles. The Labute approximate surface area is 267 Å². The van der Waals surface area contributed by atoms with Gasteiger partial charge in [0.2, 0.25) is 0 Å². The molecule has 0 aliphatic heterocycles. The number of rotatable bonds is 3. The first-order valence-electron chi connectivity index (χ1n) is 23.9. The zero-order valence-electron chi connectivity index (χ0n) is 44.2. The molecule has 8 aromatic carbocycles. The van der Waals surface area contributed by atoms with Gasteiger partial charge in [-0.25, -0.2) is 0 Å². The van der Waals surface area contributed by atoms with Crippen molar-refractivity contribution in [3.05, 3.63) is 157 Å². The predicted octanol–water partition coefficient (Wildman–Crippen LogP) is 11.3. The zero-order valence-corrected chi connectivity index (χ0v) is 20.2.